The Kier molecular flexibility index (Phi) is 8.13. The minimum absolute atomic E-state index is 0.116. The monoisotopic (exact) mass is 353 g/mol. The second kappa shape index (κ2) is 10.6. The maximum Gasteiger partial charge on any atom is 0.256 e. The van der Waals surface area contributed by atoms with Crippen molar-refractivity contribution in [2.24, 2.45) is 0 Å². The van der Waals surface area contributed by atoms with E-state index in [0.29, 0.717) is 11.4 Å². The maximum absolute atomic E-state index is 12.4. The van der Waals surface area contributed by atoms with Crippen LogP contribution < -0.4 is 10.2 Å². The smallest absolute Gasteiger partial charge is 0.256 e. The second-order valence-corrected chi connectivity index (χ2v) is 6.60. The summed E-state index contributed by atoms with van der Waals surface area (Å²) in [5.74, 6) is 0.473. The van der Waals surface area contributed by atoms with E-state index in [1.54, 1.807) is 0 Å². The number of unbranched alkanes of at least 4 members (excludes halogenated alkanes) is 2. The molecule has 0 spiro atoms. The number of pyridine rings is 1. The van der Waals surface area contributed by atoms with Crippen LogP contribution in [0.25, 0.3) is 0 Å². The highest BCUT2D eigenvalue weighted by Gasteiger charge is 2.09. The average Bonchev–Trinajstić information content (AvgIpc) is 2.69. The Labute approximate surface area is 157 Å². The van der Waals surface area contributed by atoms with Crippen LogP contribution in [0.15, 0.2) is 42.6 Å². The van der Waals surface area contributed by atoms with Crippen molar-refractivity contribution in [1.82, 2.24) is 4.98 Å². The number of anilines is 2. The molecule has 0 aliphatic heterocycles. The summed E-state index contributed by atoms with van der Waals surface area (Å²) in [6, 6.07) is 11.7. The average molecular weight is 354 g/mol. The molecule has 1 heterocycles. The van der Waals surface area contributed by atoms with E-state index < -0.39 is 0 Å². The van der Waals surface area contributed by atoms with Gasteiger partial charge in [-0.25, -0.2) is 4.98 Å². The Hall–Kier alpha value is -2.36. The van der Waals surface area contributed by atoms with Crippen LogP contribution in [-0.2, 0) is 6.42 Å². The van der Waals surface area contributed by atoms with Gasteiger partial charge in [0, 0.05) is 18.7 Å². The number of nitrogens with one attached hydrogen (secondary N) is 1. The van der Waals surface area contributed by atoms with Crippen LogP contribution in [0.1, 0.15) is 62.4 Å². The van der Waals surface area contributed by atoms with Crippen molar-refractivity contribution in [3.63, 3.8) is 0 Å². The topological polar surface area (TPSA) is 45.2 Å². The van der Waals surface area contributed by atoms with Gasteiger partial charge in [0.15, 0.2) is 0 Å². The number of rotatable bonds is 10. The maximum atomic E-state index is 12.4. The van der Waals surface area contributed by atoms with Crippen molar-refractivity contribution in [3.8, 4) is 0 Å². The van der Waals surface area contributed by atoms with Gasteiger partial charge in [-0.05, 0) is 49.1 Å². The minimum Gasteiger partial charge on any atom is -0.370 e. The number of aryl methyl sites for hydroxylation is 1. The molecule has 4 heteroatoms. The normalized spacial score (nSPS) is 10.6. The van der Waals surface area contributed by atoms with Crippen molar-refractivity contribution in [2.75, 3.05) is 23.3 Å². The number of benzene rings is 1. The van der Waals surface area contributed by atoms with E-state index in [0.717, 1.165) is 30.8 Å². The van der Waals surface area contributed by atoms with Crippen LogP contribution in [0.4, 0.5) is 11.5 Å². The highest BCUT2D eigenvalue weighted by molar-refractivity contribution is 6.03. The van der Waals surface area contributed by atoms with Gasteiger partial charge in [0.25, 0.3) is 5.91 Å². The first-order valence-corrected chi connectivity index (χ1v) is 9.79. The molecule has 2 rings (SSSR count). The third-order valence-corrected chi connectivity index (χ3v) is 4.52. The molecule has 1 aromatic carbocycles. The molecule has 0 bridgehead atoms. The molecule has 0 saturated carbocycles. The van der Waals surface area contributed by atoms with Gasteiger partial charge in [0.2, 0.25) is 0 Å². The summed E-state index contributed by atoms with van der Waals surface area (Å²) < 4.78 is 0. The first kappa shape index (κ1) is 20.0. The fraction of sp³-hybridized carbons (Fsp3) is 0.455. The summed E-state index contributed by atoms with van der Waals surface area (Å²) >= 11 is 0. The van der Waals surface area contributed by atoms with E-state index >= 15 is 0 Å². The Bertz CT molecular complexity index is 674. The molecule has 0 aliphatic rings. The van der Waals surface area contributed by atoms with Gasteiger partial charge in [0.1, 0.15) is 5.82 Å². The fourth-order valence-corrected chi connectivity index (χ4v) is 2.84. The summed E-state index contributed by atoms with van der Waals surface area (Å²) in [4.78, 5) is 19.3. The molecule has 26 heavy (non-hydrogen) atoms. The molecule has 0 fully saturated rings. The van der Waals surface area contributed by atoms with Crippen LogP contribution >= 0.6 is 0 Å². The zero-order valence-electron chi connectivity index (χ0n) is 16.3. The molecule has 0 aliphatic carbocycles. The Morgan fingerprint density at radius 2 is 1.77 bits per heavy atom. The van der Waals surface area contributed by atoms with Gasteiger partial charge < -0.3 is 10.2 Å². The van der Waals surface area contributed by atoms with Crippen LogP contribution in [0.5, 0.6) is 0 Å². The highest BCUT2D eigenvalue weighted by atomic mass is 16.1. The molecule has 0 atom stereocenters. The second-order valence-electron chi connectivity index (χ2n) is 6.60. The summed E-state index contributed by atoms with van der Waals surface area (Å²) in [6.07, 6.45) is 7.50. The Morgan fingerprint density at radius 3 is 2.35 bits per heavy atom. The van der Waals surface area contributed by atoms with Gasteiger partial charge in [0.05, 0.1) is 11.9 Å². The number of hydrogen-bond donors (Lipinski definition) is 1. The van der Waals surface area contributed by atoms with Gasteiger partial charge >= 0.3 is 0 Å². The molecule has 140 valence electrons. The summed E-state index contributed by atoms with van der Waals surface area (Å²) in [6.45, 7) is 8.60. The molecular weight excluding hydrogens is 322 g/mol. The first-order chi connectivity index (χ1) is 12.7. The summed E-state index contributed by atoms with van der Waals surface area (Å²) in [5.41, 5.74) is 2.95. The number of aromatic nitrogens is 1. The van der Waals surface area contributed by atoms with E-state index in [1.165, 1.54) is 25.7 Å². The molecule has 1 N–H and O–H groups in total. The Balaban J connectivity index is 2.03. The van der Waals surface area contributed by atoms with Crippen LogP contribution in [-0.4, -0.2) is 24.0 Å². The van der Waals surface area contributed by atoms with E-state index in [4.69, 9.17) is 0 Å². The van der Waals surface area contributed by atoms with Gasteiger partial charge in [-0.15, -0.1) is 0 Å². The lowest BCUT2D eigenvalue weighted by Crippen LogP contribution is -2.25. The zero-order valence-corrected chi connectivity index (χ0v) is 16.3. The van der Waals surface area contributed by atoms with Crippen LogP contribution in [0, 0.1) is 0 Å². The predicted octanol–water partition coefficient (Wildman–Crippen LogP) is 5.30. The lowest BCUT2D eigenvalue weighted by molar-refractivity contribution is 0.102. The van der Waals surface area contributed by atoms with Crippen LogP contribution in [0.3, 0.4) is 0 Å². The number of carbonyl (C=O) groups excluding carboxylic acids is 1. The number of hydrogen-bond acceptors (Lipinski definition) is 3. The summed E-state index contributed by atoms with van der Waals surface area (Å²) in [5, 5.41) is 2.89. The number of nitrogens with zero attached hydrogens (tertiary/aromatic N) is 2. The van der Waals surface area contributed by atoms with Crippen molar-refractivity contribution in [3.05, 3.63) is 53.7 Å². The van der Waals surface area contributed by atoms with Crippen molar-refractivity contribution in [2.45, 2.75) is 52.9 Å². The third-order valence-electron chi connectivity index (χ3n) is 4.52. The van der Waals surface area contributed by atoms with Crippen LogP contribution in [0.2, 0.25) is 0 Å². The first-order valence-electron chi connectivity index (χ1n) is 9.79. The van der Waals surface area contributed by atoms with Crippen molar-refractivity contribution < 1.29 is 4.79 Å². The zero-order chi connectivity index (χ0) is 18.8. The fourth-order valence-electron chi connectivity index (χ4n) is 2.84. The molecule has 1 amide bonds. The molecular formula is C22H31N3O. The molecule has 0 saturated heterocycles. The quantitative estimate of drug-likeness (QED) is 0.630. The van der Waals surface area contributed by atoms with Crippen molar-refractivity contribution in [1.29, 1.82) is 0 Å². The van der Waals surface area contributed by atoms with E-state index in [9.17, 15) is 4.79 Å². The molecule has 1 aromatic heterocycles. The van der Waals surface area contributed by atoms with Crippen molar-refractivity contribution >= 4 is 17.4 Å². The largest absolute Gasteiger partial charge is 0.370 e. The predicted molar refractivity (Wildman–Crippen MR) is 110 cm³/mol. The van der Waals surface area contributed by atoms with E-state index in [-0.39, 0.29) is 5.91 Å². The third kappa shape index (κ3) is 5.87. The molecule has 2 aromatic rings. The van der Waals surface area contributed by atoms with E-state index in [2.05, 4.69) is 42.0 Å². The lowest BCUT2D eigenvalue weighted by Gasteiger charge is -2.24. The molecule has 0 radical (unpaired) electrons. The minimum atomic E-state index is -0.116. The Morgan fingerprint density at radius 1 is 1.04 bits per heavy atom. The lowest BCUT2D eigenvalue weighted by atomic mass is 10.1. The van der Waals surface area contributed by atoms with E-state index in [1.807, 2.05) is 36.5 Å². The summed E-state index contributed by atoms with van der Waals surface area (Å²) in [7, 11) is 0. The number of amides is 1. The standard InChI is InChI=1S/C22H31N3O/c1-4-7-14-25(15-8-5-2)20-12-13-21(23-17-20)24-22(26)19-11-9-10-18(6-3)16-19/h9-13,16-17H,4-8,14-15H2,1-3H3,(H,23,24,26). The van der Waals surface area contributed by atoms with Gasteiger partial charge in [-0.3, -0.25) is 4.79 Å². The SMILES string of the molecule is CCCCN(CCCC)c1ccc(NC(=O)c2cccc(CC)c2)nc1. The number of carbonyl (C=O) groups is 1. The van der Waals surface area contributed by atoms with Gasteiger partial charge in [-0.1, -0.05) is 45.7 Å². The van der Waals surface area contributed by atoms with Gasteiger partial charge in [-0.2, -0.15) is 0 Å². The molecule has 0 unspecified atom stereocenters. The highest BCUT2D eigenvalue weighted by Crippen LogP contribution is 2.17. The molecule has 4 nitrogen and oxygen atoms in total.